The molecule has 0 unspecified atom stereocenters. The maximum absolute atomic E-state index is 12.6. The van der Waals surface area contributed by atoms with Gasteiger partial charge in [-0.2, -0.15) is 18.3 Å². The topological polar surface area (TPSA) is 110 Å². The summed E-state index contributed by atoms with van der Waals surface area (Å²) in [5.74, 6) is 0.238. The molecule has 1 heterocycles. The molecule has 3 aromatic rings. The number of hydrogen-bond acceptors (Lipinski definition) is 5. The molecule has 0 amide bonds. The van der Waals surface area contributed by atoms with Crippen LogP contribution in [0.1, 0.15) is 5.56 Å². The van der Waals surface area contributed by atoms with Crippen LogP contribution in [0.15, 0.2) is 70.6 Å². The predicted molar refractivity (Wildman–Crippen MR) is 103 cm³/mol. The first-order valence-corrected chi connectivity index (χ1v) is 11.2. The highest BCUT2D eigenvalue weighted by Crippen LogP contribution is 2.30. The zero-order valence-corrected chi connectivity index (χ0v) is 16.9. The molecular weight excluding hydrogens is 445 g/mol. The molecule has 0 saturated heterocycles. The largest absolute Gasteiger partial charge is 0.416 e. The average Bonchev–Trinajstić information content (AvgIpc) is 3.05. The maximum Gasteiger partial charge on any atom is 0.416 e. The van der Waals surface area contributed by atoms with E-state index in [1.165, 1.54) is 41.2 Å². The van der Waals surface area contributed by atoms with E-state index in [-0.39, 0.29) is 21.3 Å². The minimum atomic E-state index is -4.58. The second-order valence-electron chi connectivity index (χ2n) is 6.10. The van der Waals surface area contributed by atoms with Gasteiger partial charge in [0.25, 0.3) is 20.0 Å². The molecule has 2 aromatic carbocycles. The zero-order chi connectivity index (χ0) is 22.2. The number of aryl methyl sites for hydroxylation is 1. The van der Waals surface area contributed by atoms with E-state index in [0.29, 0.717) is 12.1 Å². The Morgan fingerprint density at radius 2 is 1.30 bits per heavy atom. The van der Waals surface area contributed by atoms with Crippen LogP contribution in [0.2, 0.25) is 0 Å². The van der Waals surface area contributed by atoms with Gasteiger partial charge in [-0.25, -0.2) is 16.8 Å². The number of benzene rings is 2. The minimum absolute atomic E-state index is 0.0365. The monoisotopic (exact) mass is 460 g/mol. The fourth-order valence-electron chi connectivity index (χ4n) is 2.41. The van der Waals surface area contributed by atoms with Gasteiger partial charge in [0.1, 0.15) is 5.82 Å². The highest BCUT2D eigenvalue weighted by Gasteiger charge is 2.30. The molecule has 30 heavy (non-hydrogen) atoms. The second-order valence-corrected chi connectivity index (χ2v) is 9.46. The van der Waals surface area contributed by atoms with E-state index in [9.17, 15) is 30.0 Å². The van der Waals surface area contributed by atoms with Gasteiger partial charge in [-0.15, -0.1) is 0 Å². The molecular formula is C17H15F3N4O4S2. The van der Waals surface area contributed by atoms with Crippen LogP contribution >= 0.6 is 0 Å². The maximum atomic E-state index is 12.6. The summed E-state index contributed by atoms with van der Waals surface area (Å²) in [6.45, 7) is 0. The number of rotatable bonds is 6. The number of nitrogens with one attached hydrogen (secondary N) is 2. The van der Waals surface area contributed by atoms with Crippen molar-refractivity contribution in [3.05, 3.63) is 66.4 Å². The number of nitrogens with zero attached hydrogens (tertiary/aromatic N) is 2. The Morgan fingerprint density at radius 3 is 1.77 bits per heavy atom. The molecule has 160 valence electrons. The predicted octanol–water partition coefficient (Wildman–Crippen LogP) is 3.04. The van der Waals surface area contributed by atoms with Gasteiger partial charge in [0.2, 0.25) is 0 Å². The van der Waals surface area contributed by atoms with Crippen LogP contribution in [-0.4, -0.2) is 26.6 Å². The Morgan fingerprint density at radius 1 is 0.800 bits per heavy atom. The van der Waals surface area contributed by atoms with Crippen molar-refractivity contribution < 1.29 is 30.0 Å². The van der Waals surface area contributed by atoms with Crippen molar-refractivity contribution >= 4 is 31.6 Å². The van der Waals surface area contributed by atoms with E-state index in [4.69, 9.17) is 0 Å². The fraction of sp³-hybridized carbons (Fsp3) is 0.118. The average molecular weight is 460 g/mol. The number of anilines is 2. The van der Waals surface area contributed by atoms with Crippen LogP contribution in [0.4, 0.5) is 24.7 Å². The summed E-state index contributed by atoms with van der Waals surface area (Å²) in [5.41, 5.74) is -0.939. The van der Waals surface area contributed by atoms with Crippen LogP contribution in [0, 0.1) is 0 Å². The minimum Gasteiger partial charge on any atom is -0.280 e. The van der Waals surface area contributed by atoms with Crippen molar-refractivity contribution in [2.45, 2.75) is 16.0 Å². The van der Waals surface area contributed by atoms with Gasteiger partial charge in [0.15, 0.2) is 0 Å². The van der Waals surface area contributed by atoms with Gasteiger partial charge in [-0.05, 0) is 48.5 Å². The lowest BCUT2D eigenvalue weighted by atomic mass is 10.2. The number of alkyl halides is 3. The highest BCUT2D eigenvalue weighted by molar-refractivity contribution is 7.93. The SMILES string of the molecule is Cn1nccc1NS(=O)(=O)c1ccc(NS(=O)(=O)c2ccc(C(F)(F)F)cc2)cc1. The first kappa shape index (κ1) is 21.6. The van der Waals surface area contributed by atoms with E-state index < -0.39 is 31.8 Å². The van der Waals surface area contributed by atoms with Crippen molar-refractivity contribution in [3.8, 4) is 0 Å². The normalized spacial score (nSPS) is 12.5. The summed E-state index contributed by atoms with van der Waals surface area (Å²) in [4.78, 5) is -0.494. The molecule has 0 fully saturated rings. The van der Waals surface area contributed by atoms with E-state index >= 15 is 0 Å². The summed E-state index contributed by atoms with van der Waals surface area (Å²) in [5, 5.41) is 3.85. The number of sulfonamides is 2. The van der Waals surface area contributed by atoms with Gasteiger partial charge in [0, 0.05) is 18.8 Å². The third-order valence-corrected chi connectivity index (χ3v) is 6.74. The lowest BCUT2D eigenvalue weighted by Crippen LogP contribution is -2.16. The molecule has 0 radical (unpaired) electrons. The Labute approximate surface area is 170 Å². The lowest BCUT2D eigenvalue weighted by Gasteiger charge is -2.11. The Hall–Kier alpha value is -3.06. The van der Waals surface area contributed by atoms with Crippen LogP contribution in [-0.2, 0) is 33.3 Å². The molecule has 1 aromatic heterocycles. The van der Waals surface area contributed by atoms with Crippen LogP contribution in [0.5, 0.6) is 0 Å². The van der Waals surface area contributed by atoms with Crippen LogP contribution in [0.25, 0.3) is 0 Å². The van der Waals surface area contributed by atoms with E-state index in [1.54, 1.807) is 7.05 Å². The van der Waals surface area contributed by atoms with Crippen molar-refractivity contribution in [1.82, 2.24) is 9.78 Å². The molecule has 2 N–H and O–H groups in total. The Balaban J connectivity index is 1.77. The summed E-state index contributed by atoms with van der Waals surface area (Å²) < 4.78 is 93.2. The third-order valence-electron chi connectivity index (χ3n) is 3.97. The molecule has 0 saturated carbocycles. The standard InChI is InChI=1S/C17H15F3N4O4S2/c1-24-16(10-11-21-24)23-30(27,28)15-8-4-13(5-9-15)22-29(25,26)14-6-2-12(3-7-14)17(18,19)20/h2-11,22-23H,1H3. The molecule has 0 aliphatic rings. The molecule has 0 atom stereocenters. The third kappa shape index (κ3) is 4.74. The van der Waals surface area contributed by atoms with Crippen LogP contribution < -0.4 is 9.44 Å². The summed E-state index contributed by atoms with van der Waals surface area (Å²) in [6, 6.07) is 9.27. The van der Waals surface area contributed by atoms with Crippen molar-refractivity contribution in [3.63, 3.8) is 0 Å². The molecule has 0 spiro atoms. The van der Waals surface area contributed by atoms with E-state index in [0.717, 1.165) is 12.1 Å². The fourth-order valence-corrected chi connectivity index (χ4v) is 4.56. The van der Waals surface area contributed by atoms with Crippen molar-refractivity contribution in [2.75, 3.05) is 9.44 Å². The van der Waals surface area contributed by atoms with Gasteiger partial charge >= 0.3 is 6.18 Å². The quantitative estimate of drug-likeness (QED) is 0.588. The molecule has 0 aliphatic carbocycles. The number of halogens is 3. The molecule has 13 heteroatoms. The summed E-state index contributed by atoms with van der Waals surface area (Å²) in [6.07, 6.45) is -3.17. The molecule has 0 aliphatic heterocycles. The highest BCUT2D eigenvalue weighted by atomic mass is 32.2. The van der Waals surface area contributed by atoms with Crippen molar-refractivity contribution in [2.24, 2.45) is 7.05 Å². The van der Waals surface area contributed by atoms with Gasteiger partial charge < -0.3 is 0 Å². The molecule has 8 nitrogen and oxygen atoms in total. The lowest BCUT2D eigenvalue weighted by molar-refractivity contribution is -0.137. The Kier molecular flexibility index (Phi) is 5.52. The number of aromatic nitrogens is 2. The molecule has 3 rings (SSSR count). The number of hydrogen-bond donors (Lipinski definition) is 2. The first-order valence-electron chi connectivity index (χ1n) is 8.19. The second kappa shape index (κ2) is 7.65. The van der Waals surface area contributed by atoms with Gasteiger partial charge in [0.05, 0.1) is 21.6 Å². The summed E-state index contributed by atoms with van der Waals surface area (Å²) >= 11 is 0. The van der Waals surface area contributed by atoms with E-state index in [1.807, 2.05) is 0 Å². The summed E-state index contributed by atoms with van der Waals surface area (Å²) in [7, 11) is -6.54. The van der Waals surface area contributed by atoms with Gasteiger partial charge in [-0.1, -0.05) is 0 Å². The first-order chi connectivity index (χ1) is 13.9. The van der Waals surface area contributed by atoms with Gasteiger partial charge in [-0.3, -0.25) is 14.1 Å². The molecule has 0 bridgehead atoms. The van der Waals surface area contributed by atoms with Crippen molar-refractivity contribution in [1.29, 1.82) is 0 Å². The Bertz CT molecular complexity index is 1250. The zero-order valence-electron chi connectivity index (χ0n) is 15.3. The smallest absolute Gasteiger partial charge is 0.280 e. The van der Waals surface area contributed by atoms with Crippen LogP contribution in [0.3, 0.4) is 0 Å². The van der Waals surface area contributed by atoms with E-state index in [2.05, 4.69) is 14.5 Å².